The van der Waals surface area contributed by atoms with Crippen LogP contribution in [0.5, 0.6) is 0 Å². The van der Waals surface area contributed by atoms with E-state index in [0.29, 0.717) is 5.56 Å². The average Bonchev–Trinajstić information content (AvgIpc) is 2.40. The van der Waals surface area contributed by atoms with Gasteiger partial charge in [0.25, 0.3) is 0 Å². The van der Waals surface area contributed by atoms with E-state index in [2.05, 4.69) is 18.7 Å². The highest BCUT2D eigenvalue weighted by molar-refractivity contribution is 5.77. The van der Waals surface area contributed by atoms with Gasteiger partial charge in [0, 0.05) is 18.8 Å². The Bertz CT molecular complexity index is 483. The Labute approximate surface area is 124 Å². The molecule has 0 bridgehead atoms. The summed E-state index contributed by atoms with van der Waals surface area (Å²) in [6.07, 6.45) is 0. The molecule has 0 aliphatic carbocycles. The third kappa shape index (κ3) is 4.46. The molecule has 0 aliphatic rings. The number of hydrogen-bond acceptors (Lipinski definition) is 4. The summed E-state index contributed by atoms with van der Waals surface area (Å²) in [5, 5.41) is 18.1. The molecule has 0 amide bonds. The van der Waals surface area contributed by atoms with Crippen LogP contribution in [0.15, 0.2) is 24.3 Å². The zero-order valence-corrected chi connectivity index (χ0v) is 12.6. The van der Waals surface area contributed by atoms with Gasteiger partial charge in [0.15, 0.2) is 0 Å². The zero-order chi connectivity index (χ0) is 16.0. The van der Waals surface area contributed by atoms with Gasteiger partial charge < -0.3 is 15.1 Å². The van der Waals surface area contributed by atoms with Gasteiger partial charge in [-0.15, -0.1) is 0 Å². The molecule has 1 aromatic rings. The summed E-state index contributed by atoms with van der Waals surface area (Å²) < 4.78 is 0. The normalized spacial score (nSPS) is 12.2. The van der Waals surface area contributed by atoms with E-state index >= 15 is 0 Å². The molecule has 0 saturated carbocycles. The molecule has 0 spiro atoms. The lowest BCUT2D eigenvalue weighted by molar-refractivity contribution is -0.145. The lowest BCUT2D eigenvalue weighted by Crippen LogP contribution is -2.34. The predicted molar refractivity (Wildman–Crippen MR) is 80.6 cm³/mol. The average molecular weight is 294 g/mol. The number of benzene rings is 1. The largest absolute Gasteiger partial charge is 0.480 e. The number of carboxylic acid groups (broad SMARTS) is 2. The van der Waals surface area contributed by atoms with Gasteiger partial charge in [-0.2, -0.15) is 0 Å². The molecule has 6 heteroatoms. The van der Waals surface area contributed by atoms with Gasteiger partial charge in [-0.1, -0.05) is 12.1 Å². The predicted octanol–water partition coefficient (Wildman–Crippen LogP) is 1.67. The summed E-state index contributed by atoms with van der Waals surface area (Å²) in [5.41, 5.74) is 1.59. The van der Waals surface area contributed by atoms with Crippen LogP contribution < -0.4 is 4.90 Å². The quantitative estimate of drug-likeness (QED) is 0.759. The summed E-state index contributed by atoms with van der Waals surface area (Å²) in [6, 6.07) is 6.25. The van der Waals surface area contributed by atoms with E-state index in [1.54, 1.807) is 12.1 Å². The van der Waals surface area contributed by atoms with Crippen LogP contribution in [0, 0.1) is 0 Å². The van der Waals surface area contributed by atoms with Crippen molar-refractivity contribution in [3.8, 4) is 0 Å². The molecule has 116 valence electrons. The molecule has 0 heterocycles. The first-order valence-corrected chi connectivity index (χ1v) is 6.90. The second kappa shape index (κ2) is 7.64. The summed E-state index contributed by atoms with van der Waals surface area (Å²) in [5.74, 6) is -2.11. The van der Waals surface area contributed by atoms with Gasteiger partial charge in [0.1, 0.15) is 6.04 Å². The monoisotopic (exact) mass is 294 g/mol. The number of nitrogens with zero attached hydrogens (tertiary/aromatic N) is 2. The van der Waals surface area contributed by atoms with E-state index in [1.807, 2.05) is 12.1 Å². The molecule has 0 saturated heterocycles. The molecule has 1 aromatic carbocycles. The summed E-state index contributed by atoms with van der Waals surface area (Å²) in [7, 11) is 1.49. The van der Waals surface area contributed by atoms with Gasteiger partial charge in [-0.25, -0.2) is 0 Å². The van der Waals surface area contributed by atoms with Crippen molar-refractivity contribution in [2.45, 2.75) is 19.9 Å². The van der Waals surface area contributed by atoms with Gasteiger partial charge in [-0.3, -0.25) is 14.5 Å². The van der Waals surface area contributed by atoms with Crippen LogP contribution in [0.1, 0.15) is 25.5 Å². The molecule has 2 N–H and O–H groups in total. The molecule has 0 aliphatic heterocycles. The summed E-state index contributed by atoms with van der Waals surface area (Å²) in [4.78, 5) is 25.6. The van der Waals surface area contributed by atoms with E-state index in [-0.39, 0.29) is 6.54 Å². The minimum atomic E-state index is -1.06. The maximum absolute atomic E-state index is 11.4. The van der Waals surface area contributed by atoms with E-state index in [1.165, 1.54) is 11.9 Å². The second-order valence-corrected chi connectivity index (χ2v) is 4.81. The minimum Gasteiger partial charge on any atom is -0.480 e. The van der Waals surface area contributed by atoms with Gasteiger partial charge in [0.2, 0.25) is 0 Å². The lowest BCUT2D eigenvalue weighted by atomic mass is 10.0. The van der Waals surface area contributed by atoms with Crippen molar-refractivity contribution >= 4 is 17.6 Å². The van der Waals surface area contributed by atoms with Crippen LogP contribution in [-0.2, 0) is 9.59 Å². The SMILES string of the molecule is CCN(CC)c1ccc(C(C(=O)O)N(C)CC(=O)O)cc1. The number of carboxylic acids is 2. The highest BCUT2D eigenvalue weighted by atomic mass is 16.4. The number of likely N-dealkylation sites (N-methyl/N-ethyl adjacent to an activating group) is 1. The first kappa shape index (κ1) is 17.0. The third-order valence-electron chi connectivity index (χ3n) is 3.40. The highest BCUT2D eigenvalue weighted by Gasteiger charge is 2.26. The zero-order valence-electron chi connectivity index (χ0n) is 12.6. The van der Waals surface area contributed by atoms with Gasteiger partial charge >= 0.3 is 11.9 Å². The Balaban J connectivity index is 2.99. The molecule has 6 nitrogen and oxygen atoms in total. The summed E-state index contributed by atoms with van der Waals surface area (Å²) >= 11 is 0. The molecule has 0 radical (unpaired) electrons. The molecule has 0 aromatic heterocycles. The van der Waals surface area contributed by atoms with E-state index in [0.717, 1.165) is 18.8 Å². The first-order valence-electron chi connectivity index (χ1n) is 6.90. The maximum atomic E-state index is 11.4. The molecule has 1 rings (SSSR count). The Kier molecular flexibility index (Phi) is 6.17. The first-order chi connectivity index (χ1) is 9.90. The summed E-state index contributed by atoms with van der Waals surface area (Å²) in [6.45, 7) is 5.53. The van der Waals surface area contributed by atoms with Crippen LogP contribution >= 0.6 is 0 Å². The second-order valence-electron chi connectivity index (χ2n) is 4.81. The van der Waals surface area contributed by atoms with Crippen LogP contribution in [0.4, 0.5) is 5.69 Å². The number of anilines is 1. The topological polar surface area (TPSA) is 81.1 Å². The molecule has 1 unspecified atom stereocenters. The van der Waals surface area contributed by atoms with Crippen LogP contribution in [0.3, 0.4) is 0 Å². The van der Waals surface area contributed by atoms with Crippen molar-refractivity contribution < 1.29 is 19.8 Å². The smallest absolute Gasteiger partial charge is 0.325 e. The molecular formula is C15H22N2O4. The highest BCUT2D eigenvalue weighted by Crippen LogP contribution is 2.23. The van der Waals surface area contributed by atoms with E-state index < -0.39 is 18.0 Å². The standard InChI is InChI=1S/C15H22N2O4/c1-4-17(5-2)12-8-6-11(7-9-12)14(15(20)21)16(3)10-13(18)19/h6-9,14H,4-5,10H2,1-3H3,(H,18,19)(H,20,21). The number of carbonyl (C=O) groups is 2. The van der Waals surface area contributed by atoms with Gasteiger partial charge in [-0.05, 0) is 38.6 Å². The Morgan fingerprint density at radius 3 is 2.00 bits per heavy atom. The maximum Gasteiger partial charge on any atom is 0.325 e. The molecule has 21 heavy (non-hydrogen) atoms. The van der Waals surface area contributed by atoms with Crippen molar-refractivity contribution in [1.82, 2.24) is 4.90 Å². The lowest BCUT2D eigenvalue weighted by Gasteiger charge is -2.25. The van der Waals surface area contributed by atoms with Crippen molar-refractivity contribution in [1.29, 1.82) is 0 Å². The van der Waals surface area contributed by atoms with E-state index in [4.69, 9.17) is 5.11 Å². The fraction of sp³-hybridized carbons (Fsp3) is 0.467. The fourth-order valence-electron chi connectivity index (χ4n) is 2.35. The van der Waals surface area contributed by atoms with Crippen molar-refractivity contribution in [2.75, 3.05) is 31.6 Å². The number of hydrogen-bond donors (Lipinski definition) is 2. The Morgan fingerprint density at radius 1 is 1.10 bits per heavy atom. The van der Waals surface area contributed by atoms with Crippen molar-refractivity contribution in [3.63, 3.8) is 0 Å². The third-order valence-corrected chi connectivity index (χ3v) is 3.40. The van der Waals surface area contributed by atoms with Crippen LogP contribution in [-0.4, -0.2) is 53.7 Å². The van der Waals surface area contributed by atoms with Crippen LogP contribution in [0.2, 0.25) is 0 Å². The molecule has 0 fully saturated rings. The minimum absolute atomic E-state index is 0.325. The Morgan fingerprint density at radius 2 is 1.62 bits per heavy atom. The van der Waals surface area contributed by atoms with Crippen molar-refractivity contribution in [3.05, 3.63) is 29.8 Å². The Hall–Kier alpha value is -2.08. The van der Waals surface area contributed by atoms with E-state index in [9.17, 15) is 14.7 Å². The number of rotatable bonds is 8. The van der Waals surface area contributed by atoms with Gasteiger partial charge in [0.05, 0.1) is 6.54 Å². The molecule has 1 atom stereocenters. The number of aliphatic carboxylic acids is 2. The van der Waals surface area contributed by atoms with Crippen LogP contribution in [0.25, 0.3) is 0 Å². The molecular weight excluding hydrogens is 272 g/mol. The van der Waals surface area contributed by atoms with Crippen molar-refractivity contribution in [2.24, 2.45) is 0 Å². The fourth-order valence-corrected chi connectivity index (χ4v) is 2.35.